The number of nitrogens with two attached hydrogens (primary N) is 1. The molecule has 0 fully saturated rings. The number of hydrogen-bond donors (Lipinski definition) is 1. The van der Waals surface area contributed by atoms with Crippen molar-refractivity contribution in [3.8, 4) is 0 Å². The lowest BCUT2D eigenvalue weighted by Crippen LogP contribution is -2.08. The maximum Gasteiger partial charge on any atom is 0.220 e. The summed E-state index contributed by atoms with van der Waals surface area (Å²) in [5.74, 6) is 0.245. The molecule has 0 aromatic heterocycles. The molecule has 1 aliphatic carbocycles. The molecule has 27 heavy (non-hydrogen) atoms. The third kappa shape index (κ3) is 2.70. The van der Waals surface area contributed by atoms with E-state index < -0.39 is 0 Å². The number of aliphatic imine (C=N–C) groups is 2. The number of fused-ring (bicyclic) bond motifs is 1. The van der Waals surface area contributed by atoms with Gasteiger partial charge in [0.15, 0.2) is 0 Å². The Kier molecular flexibility index (Phi) is 3.58. The quantitative estimate of drug-likeness (QED) is 0.331. The summed E-state index contributed by atoms with van der Waals surface area (Å²) in [6.07, 6.45) is 6.04. The van der Waals surface area contributed by atoms with E-state index in [4.69, 9.17) is 5.73 Å². The summed E-state index contributed by atoms with van der Waals surface area (Å²) in [6.45, 7) is 0. The van der Waals surface area contributed by atoms with Gasteiger partial charge in [-0.05, 0) is 33.4 Å². The molecule has 0 atom stereocenters. The van der Waals surface area contributed by atoms with Crippen LogP contribution in [-0.4, -0.2) is 12.2 Å². The van der Waals surface area contributed by atoms with Crippen molar-refractivity contribution in [3.63, 3.8) is 0 Å². The molecule has 0 spiro atoms. The van der Waals surface area contributed by atoms with Crippen molar-refractivity contribution >= 4 is 51.6 Å². The largest absolute Gasteiger partial charge is 0.368 e. The topological polar surface area (TPSA) is 50.7 Å². The third-order valence-electron chi connectivity index (χ3n) is 4.92. The Hall–Kier alpha value is -3.72. The summed E-state index contributed by atoms with van der Waals surface area (Å²) in [4.78, 5) is 8.96. The molecule has 5 rings (SSSR count). The maximum atomic E-state index is 6.12. The average Bonchev–Trinajstić information content (AvgIpc) is 3.13. The Labute approximate surface area is 157 Å². The molecule has 0 radical (unpaired) electrons. The van der Waals surface area contributed by atoms with Gasteiger partial charge in [-0.2, -0.15) is 0 Å². The third-order valence-corrected chi connectivity index (χ3v) is 4.92. The van der Waals surface area contributed by atoms with E-state index in [9.17, 15) is 0 Å². The Morgan fingerprint density at radius 1 is 0.741 bits per heavy atom. The van der Waals surface area contributed by atoms with Gasteiger partial charge in [-0.25, -0.2) is 9.98 Å². The van der Waals surface area contributed by atoms with Gasteiger partial charge >= 0.3 is 0 Å². The first kappa shape index (κ1) is 15.5. The molecule has 0 amide bonds. The zero-order valence-electron chi connectivity index (χ0n) is 14.6. The zero-order valence-corrected chi connectivity index (χ0v) is 14.6. The van der Waals surface area contributed by atoms with Crippen LogP contribution in [0.2, 0.25) is 0 Å². The van der Waals surface area contributed by atoms with Crippen molar-refractivity contribution in [3.05, 3.63) is 89.5 Å². The molecule has 3 heteroatoms. The molecule has 4 aromatic carbocycles. The predicted octanol–water partition coefficient (Wildman–Crippen LogP) is 5.54. The Balaban J connectivity index is 1.53. The van der Waals surface area contributed by atoms with Crippen LogP contribution < -0.4 is 5.73 Å². The zero-order chi connectivity index (χ0) is 18.2. The van der Waals surface area contributed by atoms with Crippen molar-refractivity contribution in [2.75, 3.05) is 0 Å². The number of nitrogens with zero attached hydrogens (tertiary/aromatic N) is 2. The standard InChI is InChI=1S/C24H17N3/c25-24(26-15-19-8-3-6-16-5-1-2-9-20(16)19)27-22-14-13-18-12-11-17-7-4-10-21(22)23(17)18/h1-15H,(H2,25,27). The SMILES string of the molecule is NC(N=Cc1cccc2ccccc12)=Nc1ccc2c3c(cccc13)C=C2. The summed E-state index contributed by atoms with van der Waals surface area (Å²) in [7, 11) is 0. The molecule has 3 nitrogen and oxygen atoms in total. The fraction of sp³-hybridized carbons (Fsp3) is 0. The van der Waals surface area contributed by atoms with Gasteiger partial charge in [0.1, 0.15) is 0 Å². The van der Waals surface area contributed by atoms with Crippen LogP contribution in [0.15, 0.2) is 82.8 Å². The summed E-state index contributed by atoms with van der Waals surface area (Å²) in [5.41, 5.74) is 10.4. The Morgan fingerprint density at radius 3 is 2.41 bits per heavy atom. The van der Waals surface area contributed by atoms with E-state index in [1.807, 2.05) is 36.4 Å². The first-order valence-electron chi connectivity index (χ1n) is 8.89. The first-order valence-corrected chi connectivity index (χ1v) is 8.89. The maximum absolute atomic E-state index is 6.12. The molecule has 4 aromatic rings. The highest BCUT2D eigenvalue weighted by Crippen LogP contribution is 2.36. The Morgan fingerprint density at radius 2 is 1.48 bits per heavy atom. The molecule has 1 aliphatic rings. The van der Waals surface area contributed by atoms with Crippen LogP contribution in [-0.2, 0) is 0 Å². The van der Waals surface area contributed by atoms with Gasteiger partial charge in [-0.3, -0.25) is 0 Å². The lowest BCUT2D eigenvalue weighted by Gasteiger charge is -2.05. The minimum Gasteiger partial charge on any atom is -0.368 e. The van der Waals surface area contributed by atoms with Gasteiger partial charge in [0.25, 0.3) is 0 Å². The molecule has 0 saturated heterocycles. The number of rotatable bonds is 2. The van der Waals surface area contributed by atoms with Gasteiger partial charge < -0.3 is 5.73 Å². The van der Waals surface area contributed by atoms with Crippen molar-refractivity contribution in [2.24, 2.45) is 15.7 Å². The second kappa shape index (κ2) is 6.22. The molecule has 2 N–H and O–H groups in total. The Bertz CT molecular complexity index is 1260. The summed E-state index contributed by atoms with van der Waals surface area (Å²) >= 11 is 0. The van der Waals surface area contributed by atoms with E-state index in [0.29, 0.717) is 0 Å². The molecule has 128 valence electrons. The molecule has 0 heterocycles. The monoisotopic (exact) mass is 347 g/mol. The van der Waals surface area contributed by atoms with E-state index in [1.54, 1.807) is 6.21 Å². The van der Waals surface area contributed by atoms with E-state index in [0.717, 1.165) is 22.0 Å². The number of hydrogen-bond acceptors (Lipinski definition) is 1. The lowest BCUT2D eigenvalue weighted by molar-refractivity contribution is 1.44. The minimum atomic E-state index is 0.245. The van der Waals surface area contributed by atoms with Crippen molar-refractivity contribution < 1.29 is 0 Å². The van der Waals surface area contributed by atoms with Gasteiger partial charge in [-0.1, -0.05) is 78.9 Å². The van der Waals surface area contributed by atoms with Crippen LogP contribution in [0.1, 0.15) is 16.7 Å². The summed E-state index contributed by atoms with van der Waals surface area (Å²) in [5, 5.41) is 4.65. The molecular weight excluding hydrogens is 330 g/mol. The smallest absolute Gasteiger partial charge is 0.220 e. The van der Waals surface area contributed by atoms with E-state index >= 15 is 0 Å². The fourth-order valence-corrected chi connectivity index (χ4v) is 3.65. The highest BCUT2D eigenvalue weighted by Gasteiger charge is 2.11. The molecule has 0 aliphatic heterocycles. The molecular formula is C24H17N3. The van der Waals surface area contributed by atoms with Gasteiger partial charge in [-0.15, -0.1) is 0 Å². The first-order chi connectivity index (χ1) is 13.3. The highest BCUT2D eigenvalue weighted by molar-refractivity contribution is 6.10. The van der Waals surface area contributed by atoms with Crippen LogP contribution in [0.3, 0.4) is 0 Å². The fourth-order valence-electron chi connectivity index (χ4n) is 3.65. The average molecular weight is 347 g/mol. The second-order valence-corrected chi connectivity index (χ2v) is 6.57. The molecule has 0 saturated carbocycles. The van der Waals surface area contributed by atoms with E-state index in [-0.39, 0.29) is 5.96 Å². The van der Waals surface area contributed by atoms with E-state index in [1.165, 1.54) is 21.9 Å². The predicted molar refractivity (Wildman–Crippen MR) is 116 cm³/mol. The van der Waals surface area contributed by atoms with Gasteiger partial charge in [0.05, 0.1) is 5.69 Å². The van der Waals surface area contributed by atoms with Crippen molar-refractivity contribution in [1.82, 2.24) is 0 Å². The summed E-state index contributed by atoms with van der Waals surface area (Å²) < 4.78 is 0. The number of benzene rings is 4. The molecule has 0 bridgehead atoms. The van der Waals surface area contributed by atoms with Crippen LogP contribution in [0.5, 0.6) is 0 Å². The normalized spacial score (nSPS) is 13.3. The summed E-state index contributed by atoms with van der Waals surface area (Å²) in [6, 6.07) is 24.7. The van der Waals surface area contributed by atoms with Gasteiger partial charge in [0, 0.05) is 17.2 Å². The minimum absolute atomic E-state index is 0.245. The van der Waals surface area contributed by atoms with Crippen molar-refractivity contribution in [2.45, 2.75) is 0 Å². The van der Waals surface area contributed by atoms with Crippen LogP contribution >= 0.6 is 0 Å². The van der Waals surface area contributed by atoms with Crippen LogP contribution in [0, 0.1) is 0 Å². The second-order valence-electron chi connectivity index (χ2n) is 6.57. The van der Waals surface area contributed by atoms with Gasteiger partial charge in [0.2, 0.25) is 5.96 Å². The van der Waals surface area contributed by atoms with E-state index in [2.05, 4.69) is 58.5 Å². The van der Waals surface area contributed by atoms with Crippen LogP contribution in [0.25, 0.3) is 33.7 Å². The van der Waals surface area contributed by atoms with Crippen LogP contribution in [0.4, 0.5) is 5.69 Å². The number of guanidine groups is 1. The lowest BCUT2D eigenvalue weighted by atomic mass is 10.0. The van der Waals surface area contributed by atoms with Crippen molar-refractivity contribution in [1.29, 1.82) is 0 Å². The highest BCUT2D eigenvalue weighted by atomic mass is 15.0. The molecule has 0 unspecified atom stereocenters.